The van der Waals surface area contributed by atoms with Gasteiger partial charge in [-0.05, 0) is 58.4 Å². The zero-order valence-corrected chi connectivity index (χ0v) is 23.6. The highest BCUT2D eigenvalue weighted by Crippen LogP contribution is 2.35. The second-order valence-electron chi connectivity index (χ2n) is 10.3. The first-order valence-electron chi connectivity index (χ1n) is 13.2. The minimum absolute atomic E-state index is 0.0960. The SMILES string of the molecule is Cc1ncc(C(=O)NCCN2CCCC2(C)C)cc1NC(=O)c1cnn2cc(-c3cccnc3OCCF)sc12. The number of hydrogen-bond donors (Lipinski definition) is 2. The Kier molecular flexibility index (Phi) is 8.08. The number of anilines is 1. The van der Waals surface area contributed by atoms with Crippen LogP contribution in [0, 0.1) is 6.92 Å². The van der Waals surface area contributed by atoms with E-state index in [0.29, 0.717) is 45.3 Å². The number of nitrogens with one attached hydrogen (secondary N) is 2. The van der Waals surface area contributed by atoms with E-state index in [0.717, 1.165) is 24.4 Å². The molecular formula is C28H32FN7O3S. The number of thiazole rings is 1. The number of amides is 2. The minimum Gasteiger partial charge on any atom is -0.474 e. The number of nitrogens with zero attached hydrogens (tertiary/aromatic N) is 5. The highest BCUT2D eigenvalue weighted by Gasteiger charge is 2.31. The summed E-state index contributed by atoms with van der Waals surface area (Å²) in [6, 6.07) is 5.23. The molecule has 5 heterocycles. The van der Waals surface area contributed by atoms with Gasteiger partial charge in [0.05, 0.1) is 39.1 Å². The molecule has 1 saturated heterocycles. The van der Waals surface area contributed by atoms with Crippen LogP contribution in [0.4, 0.5) is 10.1 Å². The van der Waals surface area contributed by atoms with E-state index < -0.39 is 6.67 Å². The first kappa shape index (κ1) is 27.7. The van der Waals surface area contributed by atoms with E-state index in [2.05, 4.69) is 44.4 Å². The molecule has 0 saturated carbocycles. The number of carbonyl (C=O) groups excluding carboxylic acids is 2. The average Bonchev–Trinajstić information content (AvgIpc) is 3.62. The second-order valence-corrected chi connectivity index (χ2v) is 11.3. The second kappa shape index (κ2) is 11.7. The predicted molar refractivity (Wildman–Crippen MR) is 152 cm³/mol. The Hall–Kier alpha value is -3.90. The van der Waals surface area contributed by atoms with Crippen LogP contribution in [-0.4, -0.2) is 74.8 Å². The molecule has 2 amide bonds. The smallest absolute Gasteiger partial charge is 0.260 e. The monoisotopic (exact) mass is 565 g/mol. The van der Waals surface area contributed by atoms with Crippen molar-refractivity contribution in [1.82, 2.24) is 29.8 Å². The van der Waals surface area contributed by atoms with Crippen LogP contribution in [0.3, 0.4) is 0 Å². The fourth-order valence-electron chi connectivity index (χ4n) is 4.85. The molecule has 0 aromatic carbocycles. The van der Waals surface area contributed by atoms with Crippen LogP contribution in [0.15, 0.2) is 43.0 Å². The Labute approximate surface area is 235 Å². The quantitative estimate of drug-likeness (QED) is 0.294. The maximum absolute atomic E-state index is 13.3. The average molecular weight is 566 g/mol. The number of aromatic nitrogens is 4. The summed E-state index contributed by atoms with van der Waals surface area (Å²) in [5.74, 6) is -0.295. The first-order valence-corrected chi connectivity index (χ1v) is 14.0. The lowest BCUT2D eigenvalue weighted by molar-refractivity contribution is 0.0938. The van der Waals surface area contributed by atoms with Gasteiger partial charge in [0, 0.05) is 37.2 Å². The van der Waals surface area contributed by atoms with Gasteiger partial charge in [-0.2, -0.15) is 5.10 Å². The van der Waals surface area contributed by atoms with Gasteiger partial charge in [0.15, 0.2) is 0 Å². The molecule has 2 N–H and O–H groups in total. The summed E-state index contributed by atoms with van der Waals surface area (Å²) in [5, 5.41) is 10.2. The third-order valence-corrected chi connectivity index (χ3v) is 8.28. The van der Waals surface area contributed by atoms with Gasteiger partial charge in [0.25, 0.3) is 11.8 Å². The molecule has 1 fully saturated rings. The lowest BCUT2D eigenvalue weighted by Crippen LogP contribution is -2.43. The van der Waals surface area contributed by atoms with Crippen LogP contribution >= 0.6 is 11.3 Å². The van der Waals surface area contributed by atoms with Crippen molar-refractivity contribution in [2.45, 2.75) is 39.2 Å². The van der Waals surface area contributed by atoms with Crippen molar-refractivity contribution in [3.8, 4) is 16.3 Å². The summed E-state index contributed by atoms with van der Waals surface area (Å²) in [4.78, 5) is 38.4. The number of rotatable bonds is 10. The maximum Gasteiger partial charge on any atom is 0.260 e. The van der Waals surface area contributed by atoms with Crippen molar-refractivity contribution in [2.75, 3.05) is 38.2 Å². The standard InChI is InChI=1S/C28H32FN7O3S/c1-18-22(14-19(15-32-18)24(37)30-10-12-35-11-5-7-28(35,2)3)34-25(38)21-16-33-36-17-23(40-27(21)36)20-6-4-9-31-26(20)39-13-8-29/h4,6,9,14-17H,5,7-8,10-13H2,1-3H3,(H,30,37)(H,34,38). The Morgan fingerprint density at radius 2 is 2.08 bits per heavy atom. The van der Waals surface area contributed by atoms with Crippen molar-refractivity contribution in [1.29, 1.82) is 0 Å². The van der Waals surface area contributed by atoms with Gasteiger partial charge in [0.1, 0.15) is 18.1 Å². The van der Waals surface area contributed by atoms with E-state index in [-0.39, 0.29) is 24.0 Å². The first-order chi connectivity index (χ1) is 19.3. The molecular weight excluding hydrogens is 533 g/mol. The third-order valence-electron chi connectivity index (χ3n) is 7.13. The normalized spacial score (nSPS) is 14.9. The van der Waals surface area contributed by atoms with Gasteiger partial charge in [-0.15, -0.1) is 11.3 Å². The molecule has 0 atom stereocenters. The fourth-order valence-corrected chi connectivity index (χ4v) is 5.93. The molecule has 1 aliphatic rings. The number of hydrogen-bond acceptors (Lipinski definition) is 8. The Balaban J connectivity index is 1.29. The van der Waals surface area contributed by atoms with Crippen molar-refractivity contribution in [3.05, 3.63) is 59.8 Å². The molecule has 5 rings (SSSR count). The summed E-state index contributed by atoms with van der Waals surface area (Å²) in [5.41, 5.74) is 2.61. The molecule has 4 aromatic heterocycles. The van der Waals surface area contributed by atoms with Crippen molar-refractivity contribution >= 4 is 33.7 Å². The van der Waals surface area contributed by atoms with Crippen molar-refractivity contribution in [3.63, 3.8) is 0 Å². The van der Waals surface area contributed by atoms with Gasteiger partial charge in [-0.1, -0.05) is 0 Å². The van der Waals surface area contributed by atoms with Crippen molar-refractivity contribution in [2.24, 2.45) is 0 Å². The summed E-state index contributed by atoms with van der Waals surface area (Å²) in [7, 11) is 0. The lowest BCUT2D eigenvalue weighted by Gasteiger charge is -2.31. The van der Waals surface area contributed by atoms with Crippen LogP contribution in [0.5, 0.6) is 5.88 Å². The summed E-state index contributed by atoms with van der Waals surface area (Å²) >= 11 is 1.34. The molecule has 0 aliphatic carbocycles. The number of carbonyl (C=O) groups is 2. The van der Waals surface area contributed by atoms with Gasteiger partial charge in [-0.25, -0.2) is 13.9 Å². The Morgan fingerprint density at radius 3 is 2.85 bits per heavy atom. The molecule has 1 aliphatic heterocycles. The van der Waals surface area contributed by atoms with Crippen LogP contribution in [0.2, 0.25) is 0 Å². The lowest BCUT2D eigenvalue weighted by atomic mass is 10.0. The number of likely N-dealkylation sites (tertiary alicyclic amines) is 1. The van der Waals surface area contributed by atoms with E-state index in [1.807, 2.05) is 6.07 Å². The maximum atomic E-state index is 13.3. The fraction of sp³-hybridized carbons (Fsp3) is 0.393. The molecule has 0 bridgehead atoms. The topological polar surface area (TPSA) is 114 Å². The molecule has 0 spiro atoms. The molecule has 0 radical (unpaired) electrons. The molecule has 0 unspecified atom stereocenters. The number of alkyl halides is 1. The number of fused-ring (bicyclic) bond motifs is 1. The summed E-state index contributed by atoms with van der Waals surface area (Å²) < 4.78 is 19.7. The van der Waals surface area contributed by atoms with Crippen LogP contribution < -0.4 is 15.4 Å². The Bertz CT molecular complexity index is 1530. The molecule has 40 heavy (non-hydrogen) atoms. The highest BCUT2D eigenvalue weighted by atomic mass is 32.1. The van der Waals surface area contributed by atoms with Gasteiger partial charge in [-0.3, -0.25) is 19.5 Å². The number of pyridine rings is 2. The molecule has 10 nitrogen and oxygen atoms in total. The van der Waals surface area contributed by atoms with Crippen LogP contribution in [0.25, 0.3) is 15.3 Å². The van der Waals surface area contributed by atoms with Gasteiger partial charge in [0.2, 0.25) is 5.88 Å². The van der Waals surface area contributed by atoms with E-state index in [9.17, 15) is 14.0 Å². The minimum atomic E-state index is -0.623. The van der Waals surface area contributed by atoms with Gasteiger partial charge >= 0.3 is 0 Å². The van der Waals surface area contributed by atoms with E-state index in [4.69, 9.17) is 4.74 Å². The largest absolute Gasteiger partial charge is 0.474 e. The van der Waals surface area contributed by atoms with Crippen LogP contribution in [0.1, 0.15) is 53.1 Å². The molecule has 210 valence electrons. The van der Waals surface area contributed by atoms with Gasteiger partial charge < -0.3 is 15.4 Å². The summed E-state index contributed by atoms with van der Waals surface area (Å²) in [6.07, 6.45) is 8.68. The summed E-state index contributed by atoms with van der Waals surface area (Å²) in [6.45, 7) is 7.86. The van der Waals surface area contributed by atoms with E-state index in [1.165, 1.54) is 30.2 Å². The number of halogens is 1. The molecule has 4 aromatic rings. The molecule has 12 heteroatoms. The van der Waals surface area contributed by atoms with Crippen molar-refractivity contribution < 1.29 is 18.7 Å². The third kappa shape index (κ3) is 5.82. The predicted octanol–water partition coefficient (Wildman–Crippen LogP) is 4.37. The van der Waals surface area contributed by atoms with E-state index in [1.54, 1.807) is 36.0 Å². The zero-order chi connectivity index (χ0) is 28.3. The Morgan fingerprint density at radius 1 is 1.23 bits per heavy atom. The zero-order valence-electron chi connectivity index (χ0n) is 22.7. The van der Waals surface area contributed by atoms with Crippen LogP contribution in [-0.2, 0) is 0 Å². The van der Waals surface area contributed by atoms with E-state index >= 15 is 0 Å². The number of aryl methyl sites for hydroxylation is 1. The number of ether oxygens (including phenoxy) is 1. The highest BCUT2D eigenvalue weighted by molar-refractivity contribution is 7.21.